The lowest BCUT2D eigenvalue weighted by Crippen LogP contribution is -2.24. The predicted molar refractivity (Wildman–Crippen MR) is 64.4 cm³/mol. The summed E-state index contributed by atoms with van der Waals surface area (Å²) in [5.41, 5.74) is -0.920. The molecule has 0 radical (unpaired) electrons. The molecule has 0 aliphatic rings. The Hall–Kier alpha value is -0.800. The van der Waals surface area contributed by atoms with Gasteiger partial charge >= 0.3 is 6.18 Å². The van der Waals surface area contributed by atoms with Gasteiger partial charge in [0.1, 0.15) is 0 Å². The molecule has 0 saturated heterocycles. The Labute approximate surface area is 113 Å². The number of rotatable bonds is 5. The van der Waals surface area contributed by atoms with Gasteiger partial charge < -0.3 is 0 Å². The van der Waals surface area contributed by atoms with Gasteiger partial charge in [-0.1, -0.05) is 11.6 Å². The van der Waals surface area contributed by atoms with Crippen LogP contribution in [0.4, 0.5) is 13.2 Å². The van der Waals surface area contributed by atoms with Gasteiger partial charge in [0.25, 0.3) is 0 Å². The van der Waals surface area contributed by atoms with Crippen molar-refractivity contribution in [1.29, 1.82) is 0 Å². The summed E-state index contributed by atoms with van der Waals surface area (Å²) in [7, 11) is -3.30. The van der Waals surface area contributed by atoms with Crippen LogP contribution < -0.4 is 4.72 Å². The third-order valence-corrected chi connectivity index (χ3v) is 3.49. The highest BCUT2D eigenvalue weighted by Gasteiger charge is 2.38. The summed E-state index contributed by atoms with van der Waals surface area (Å²) in [5.74, 6) is 0. The number of halogens is 4. The molecule has 110 valence electrons. The summed E-state index contributed by atoms with van der Waals surface area (Å²) in [5, 5.41) is 2.97. The maximum atomic E-state index is 12.5. The Bertz CT molecular complexity index is 554. The molecule has 1 N–H and O–H groups in total. The van der Waals surface area contributed by atoms with Crippen LogP contribution in [-0.4, -0.2) is 31.0 Å². The van der Waals surface area contributed by atoms with Crippen LogP contribution in [0.2, 0.25) is 5.02 Å². The molecule has 0 spiro atoms. The summed E-state index contributed by atoms with van der Waals surface area (Å²) in [4.78, 5) is 0. The number of hydrogen-bond acceptors (Lipinski definition) is 3. The van der Waals surface area contributed by atoms with E-state index < -0.39 is 26.9 Å². The van der Waals surface area contributed by atoms with Crippen LogP contribution in [0.5, 0.6) is 0 Å². The molecule has 0 atom stereocenters. The van der Waals surface area contributed by atoms with E-state index in [1.165, 1.54) is 6.92 Å². The largest absolute Gasteiger partial charge is 0.436 e. The molecule has 0 aromatic carbocycles. The molecule has 0 bridgehead atoms. The fourth-order valence-electron chi connectivity index (χ4n) is 1.41. The summed E-state index contributed by atoms with van der Waals surface area (Å²) in [6.45, 7) is 1.69. The molecule has 0 aliphatic heterocycles. The molecule has 0 amide bonds. The average Bonchev–Trinajstić information content (AvgIpc) is 2.50. The Morgan fingerprint density at radius 2 is 2.00 bits per heavy atom. The Morgan fingerprint density at radius 1 is 1.42 bits per heavy atom. The first kappa shape index (κ1) is 16.3. The first-order valence-corrected chi connectivity index (χ1v) is 7.54. The number of alkyl halides is 3. The lowest BCUT2D eigenvalue weighted by molar-refractivity contribution is -0.141. The number of sulfonamides is 1. The van der Waals surface area contributed by atoms with Crippen LogP contribution in [-0.2, 0) is 22.7 Å². The van der Waals surface area contributed by atoms with Gasteiger partial charge in [0, 0.05) is 13.1 Å². The van der Waals surface area contributed by atoms with E-state index >= 15 is 0 Å². The van der Waals surface area contributed by atoms with Crippen LogP contribution in [0.1, 0.15) is 17.8 Å². The minimum absolute atomic E-state index is 0.122. The van der Waals surface area contributed by atoms with E-state index in [0.29, 0.717) is 6.42 Å². The molecular weight excluding hydrogens is 307 g/mol. The van der Waals surface area contributed by atoms with E-state index in [4.69, 9.17) is 11.6 Å². The van der Waals surface area contributed by atoms with Crippen molar-refractivity contribution < 1.29 is 21.6 Å². The van der Waals surface area contributed by atoms with Crippen molar-refractivity contribution in [3.8, 4) is 0 Å². The second-order valence-corrected chi connectivity index (χ2v) is 6.20. The van der Waals surface area contributed by atoms with Crippen LogP contribution in [0, 0.1) is 6.92 Å². The average molecular weight is 320 g/mol. The minimum Gasteiger partial charge on any atom is -0.268 e. The Morgan fingerprint density at radius 3 is 2.42 bits per heavy atom. The molecular formula is C9H13ClF3N3O2S. The summed E-state index contributed by atoms with van der Waals surface area (Å²) < 4.78 is 62.6. The number of nitrogens with zero attached hydrogens (tertiary/aromatic N) is 2. The number of hydrogen-bond donors (Lipinski definition) is 1. The third-order valence-electron chi connectivity index (χ3n) is 2.31. The van der Waals surface area contributed by atoms with Crippen molar-refractivity contribution in [3.63, 3.8) is 0 Å². The second-order valence-electron chi connectivity index (χ2n) is 3.99. The predicted octanol–water partition coefficient (Wildman–Crippen LogP) is 1.80. The van der Waals surface area contributed by atoms with Gasteiger partial charge in [-0.2, -0.15) is 18.3 Å². The SMILES string of the molecule is Cc1c(Cl)c(C(F)(F)F)nn1CCCNS(C)(=O)=O. The molecule has 0 fully saturated rings. The van der Waals surface area contributed by atoms with Crippen molar-refractivity contribution in [2.24, 2.45) is 0 Å². The molecule has 1 aromatic rings. The van der Waals surface area contributed by atoms with Crippen LogP contribution in [0.3, 0.4) is 0 Å². The quantitative estimate of drug-likeness (QED) is 0.842. The maximum absolute atomic E-state index is 12.5. The van der Waals surface area contributed by atoms with Crippen molar-refractivity contribution >= 4 is 21.6 Å². The van der Waals surface area contributed by atoms with Crippen LogP contribution in [0.15, 0.2) is 0 Å². The molecule has 1 rings (SSSR count). The second kappa shape index (κ2) is 5.68. The van der Waals surface area contributed by atoms with E-state index in [-0.39, 0.29) is 18.8 Å². The van der Waals surface area contributed by atoms with Crippen LogP contribution in [0.25, 0.3) is 0 Å². The van der Waals surface area contributed by atoms with Gasteiger partial charge in [-0.05, 0) is 13.3 Å². The van der Waals surface area contributed by atoms with Crippen molar-refractivity contribution in [1.82, 2.24) is 14.5 Å². The van der Waals surface area contributed by atoms with Gasteiger partial charge in [-0.3, -0.25) is 4.68 Å². The smallest absolute Gasteiger partial charge is 0.268 e. The van der Waals surface area contributed by atoms with Crippen molar-refractivity contribution in [3.05, 3.63) is 16.4 Å². The summed E-state index contributed by atoms with van der Waals surface area (Å²) >= 11 is 5.57. The molecule has 0 aliphatic carbocycles. The van der Waals surface area contributed by atoms with Gasteiger partial charge in [-0.25, -0.2) is 13.1 Å². The van der Waals surface area contributed by atoms with E-state index in [9.17, 15) is 21.6 Å². The molecule has 0 saturated carbocycles. The molecule has 5 nitrogen and oxygen atoms in total. The Kier molecular flexibility index (Phi) is 4.86. The van der Waals surface area contributed by atoms with Gasteiger partial charge in [0.05, 0.1) is 17.0 Å². The first-order valence-electron chi connectivity index (χ1n) is 5.27. The number of nitrogens with one attached hydrogen (secondary N) is 1. The van der Waals surface area contributed by atoms with Crippen LogP contribution >= 0.6 is 11.6 Å². The lowest BCUT2D eigenvalue weighted by Gasteiger charge is -2.05. The van der Waals surface area contributed by atoms with Gasteiger partial charge in [-0.15, -0.1) is 0 Å². The standard InChI is InChI=1S/C9H13ClF3N3O2S/c1-6-7(10)8(9(11,12)13)15-16(6)5-3-4-14-19(2,17)18/h14H,3-5H2,1-2H3. The lowest BCUT2D eigenvalue weighted by atomic mass is 10.3. The molecule has 1 aromatic heterocycles. The maximum Gasteiger partial charge on any atom is 0.436 e. The first-order chi connectivity index (χ1) is 8.52. The summed E-state index contributed by atoms with van der Waals surface area (Å²) in [6, 6.07) is 0. The Balaban J connectivity index is 2.70. The zero-order chi connectivity index (χ0) is 14.8. The zero-order valence-corrected chi connectivity index (χ0v) is 11.8. The van der Waals surface area contributed by atoms with E-state index in [1.807, 2.05) is 0 Å². The number of aromatic nitrogens is 2. The van der Waals surface area contributed by atoms with Gasteiger partial charge in [0.2, 0.25) is 10.0 Å². The van der Waals surface area contributed by atoms with Crippen molar-refractivity contribution in [2.75, 3.05) is 12.8 Å². The van der Waals surface area contributed by atoms with E-state index in [0.717, 1.165) is 10.9 Å². The van der Waals surface area contributed by atoms with Crippen molar-refractivity contribution in [2.45, 2.75) is 26.1 Å². The fraction of sp³-hybridized carbons (Fsp3) is 0.667. The minimum atomic E-state index is -4.60. The number of aryl methyl sites for hydroxylation is 1. The van der Waals surface area contributed by atoms with E-state index in [2.05, 4.69) is 9.82 Å². The zero-order valence-electron chi connectivity index (χ0n) is 10.3. The summed E-state index contributed by atoms with van der Waals surface area (Å²) in [6.07, 6.45) is -3.29. The van der Waals surface area contributed by atoms with Gasteiger partial charge in [0.15, 0.2) is 5.69 Å². The molecule has 0 unspecified atom stereocenters. The topological polar surface area (TPSA) is 64.0 Å². The highest BCUT2D eigenvalue weighted by molar-refractivity contribution is 7.88. The van der Waals surface area contributed by atoms with E-state index in [1.54, 1.807) is 0 Å². The molecule has 1 heterocycles. The molecule has 19 heavy (non-hydrogen) atoms. The highest BCUT2D eigenvalue weighted by atomic mass is 35.5. The monoisotopic (exact) mass is 319 g/mol. The third kappa shape index (κ3) is 4.66. The fourth-order valence-corrected chi connectivity index (χ4v) is 2.17. The normalized spacial score (nSPS) is 12.9. The highest BCUT2D eigenvalue weighted by Crippen LogP contribution is 2.35. The molecule has 10 heteroatoms.